The lowest BCUT2D eigenvalue weighted by molar-refractivity contribution is 0.222. The quantitative estimate of drug-likeness (QED) is 0.822. The van der Waals surface area contributed by atoms with Gasteiger partial charge in [0.2, 0.25) is 10.0 Å². The van der Waals surface area contributed by atoms with E-state index in [0.29, 0.717) is 24.7 Å². The Morgan fingerprint density at radius 3 is 2.61 bits per heavy atom. The van der Waals surface area contributed by atoms with Crippen LogP contribution in [0, 0.1) is 5.41 Å². The van der Waals surface area contributed by atoms with E-state index < -0.39 is 10.0 Å². The number of hydrogen-bond acceptors (Lipinski definition) is 3. The van der Waals surface area contributed by atoms with Gasteiger partial charge in [-0.2, -0.15) is 0 Å². The third-order valence-corrected chi connectivity index (χ3v) is 7.30. The third-order valence-electron chi connectivity index (χ3n) is 5.76. The maximum atomic E-state index is 11.9. The fraction of sp³-hybridized carbons (Fsp3) is 0.381. The van der Waals surface area contributed by atoms with Crippen molar-refractivity contribution < 1.29 is 8.42 Å². The van der Waals surface area contributed by atoms with Crippen LogP contribution in [0.2, 0.25) is 5.02 Å². The molecule has 0 aromatic heterocycles. The molecule has 2 aliphatic rings. The van der Waals surface area contributed by atoms with Crippen molar-refractivity contribution >= 4 is 33.1 Å². The zero-order chi connectivity index (χ0) is 19.8. The summed E-state index contributed by atoms with van der Waals surface area (Å²) in [7, 11) is -3.16. The summed E-state index contributed by atoms with van der Waals surface area (Å²) in [6.07, 6.45) is 3.68. The Morgan fingerprint density at radius 2 is 1.89 bits per heavy atom. The average Bonchev–Trinajstić information content (AvgIpc) is 2.66. The number of sulfonamides is 1. The molecular formula is C21H24ClN3O2S. The number of piperidine rings is 1. The first-order chi connectivity index (χ1) is 13.4. The van der Waals surface area contributed by atoms with Crippen LogP contribution in [-0.4, -0.2) is 37.9 Å². The number of halogens is 1. The van der Waals surface area contributed by atoms with E-state index in [-0.39, 0.29) is 5.41 Å². The van der Waals surface area contributed by atoms with Crippen molar-refractivity contribution in [2.45, 2.75) is 25.8 Å². The number of nitrogens with zero attached hydrogens (tertiary/aromatic N) is 2. The van der Waals surface area contributed by atoms with Gasteiger partial charge in [0.05, 0.1) is 12.8 Å². The Balaban J connectivity index is 1.65. The smallest absolute Gasteiger partial charge is 0.211 e. The summed E-state index contributed by atoms with van der Waals surface area (Å²) >= 11 is 6.11. The molecule has 2 aromatic rings. The molecule has 0 bridgehead atoms. The van der Waals surface area contributed by atoms with Gasteiger partial charge in [-0.15, -0.1) is 0 Å². The highest BCUT2D eigenvalue weighted by atomic mass is 35.5. The fourth-order valence-corrected chi connectivity index (χ4v) is 5.24. The van der Waals surface area contributed by atoms with Crippen LogP contribution < -0.4 is 5.32 Å². The van der Waals surface area contributed by atoms with Crippen molar-refractivity contribution in [3.63, 3.8) is 0 Å². The number of para-hydroxylation sites is 1. The molecule has 1 N–H and O–H groups in total. The molecule has 0 aliphatic carbocycles. The van der Waals surface area contributed by atoms with Crippen LogP contribution in [0.3, 0.4) is 0 Å². The second-order valence-corrected chi connectivity index (χ2v) is 10.1. The Kier molecular flexibility index (Phi) is 5.21. The maximum Gasteiger partial charge on any atom is 0.211 e. The molecule has 0 radical (unpaired) electrons. The number of amidine groups is 1. The van der Waals surface area contributed by atoms with Gasteiger partial charge in [-0.05, 0) is 48.6 Å². The van der Waals surface area contributed by atoms with Crippen LogP contribution in [0.4, 0.5) is 5.69 Å². The molecule has 2 aromatic carbocycles. The van der Waals surface area contributed by atoms with Gasteiger partial charge in [0.25, 0.3) is 0 Å². The van der Waals surface area contributed by atoms with Gasteiger partial charge >= 0.3 is 0 Å². The Hall–Kier alpha value is -1.89. The first-order valence-electron chi connectivity index (χ1n) is 9.45. The molecule has 2 heterocycles. The van der Waals surface area contributed by atoms with E-state index in [4.69, 9.17) is 16.6 Å². The van der Waals surface area contributed by atoms with Crippen molar-refractivity contribution in [2.75, 3.05) is 24.7 Å². The molecule has 0 unspecified atom stereocenters. The summed E-state index contributed by atoms with van der Waals surface area (Å²) in [5, 5.41) is 4.25. The molecule has 4 rings (SSSR count). The number of aliphatic imine (C=N–C) groups is 1. The molecule has 7 heteroatoms. The van der Waals surface area contributed by atoms with Crippen LogP contribution in [0.5, 0.6) is 0 Å². The van der Waals surface area contributed by atoms with E-state index >= 15 is 0 Å². The van der Waals surface area contributed by atoms with Crippen molar-refractivity contribution in [1.29, 1.82) is 0 Å². The van der Waals surface area contributed by atoms with Gasteiger partial charge in [-0.25, -0.2) is 12.7 Å². The number of nitrogens with one attached hydrogen (secondary N) is 1. The zero-order valence-electron chi connectivity index (χ0n) is 15.9. The van der Waals surface area contributed by atoms with E-state index in [0.717, 1.165) is 36.3 Å². The van der Waals surface area contributed by atoms with Gasteiger partial charge in [0.1, 0.15) is 5.84 Å². The second-order valence-electron chi connectivity index (χ2n) is 7.70. The highest BCUT2D eigenvalue weighted by molar-refractivity contribution is 7.88. The lowest BCUT2D eigenvalue weighted by Gasteiger charge is -2.45. The minimum absolute atomic E-state index is 0.159. The molecule has 1 spiro atoms. The van der Waals surface area contributed by atoms with Crippen molar-refractivity contribution in [1.82, 2.24) is 4.31 Å². The first-order valence-corrected chi connectivity index (χ1v) is 11.7. The van der Waals surface area contributed by atoms with Crippen molar-refractivity contribution in [3.05, 3.63) is 64.7 Å². The topological polar surface area (TPSA) is 61.8 Å². The highest BCUT2D eigenvalue weighted by Crippen LogP contribution is 2.42. The summed E-state index contributed by atoms with van der Waals surface area (Å²) in [6, 6.07) is 16.0. The third kappa shape index (κ3) is 3.95. The molecule has 5 nitrogen and oxygen atoms in total. The maximum absolute atomic E-state index is 11.9. The molecule has 148 valence electrons. The summed E-state index contributed by atoms with van der Waals surface area (Å²) < 4.78 is 25.5. The van der Waals surface area contributed by atoms with Gasteiger partial charge in [0.15, 0.2) is 0 Å². The molecule has 0 atom stereocenters. The van der Waals surface area contributed by atoms with E-state index in [2.05, 4.69) is 17.4 Å². The Labute approximate surface area is 171 Å². The van der Waals surface area contributed by atoms with E-state index in [1.807, 2.05) is 36.4 Å². The predicted molar refractivity (Wildman–Crippen MR) is 114 cm³/mol. The fourth-order valence-electron chi connectivity index (χ4n) is 4.18. The van der Waals surface area contributed by atoms with Crippen LogP contribution in [-0.2, 0) is 23.0 Å². The molecular weight excluding hydrogens is 394 g/mol. The number of rotatable bonds is 3. The van der Waals surface area contributed by atoms with Gasteiger partial charge in [-0.3, -0.25) is 4.99 Å². The van der Waals surface area contributed by atoms with Crippen LogP contribution in [0.1, 0.15) is 24.0 Å². The number of benzene rings is 2. The summed E-state index contributed by atoms with van der Waals surface area (Å²) in [5.74, 6) is 0.958. The largest absolute Gasteiger partial charge is 0.343 e. The van der Waals surface area contributed by atoms with Gasteiger partial charge in [0, 0.05) is 29.2 Å². The Morgan fingerprint density at radius 1 is 1.14 bits per heavy atom. The first kappa shape index (κ1) is 19.4. The summed E-state index contributed by atoms with van der Waals surface area (Å²) in [4.78, 5) is 4.94. The van der Waals surface area contributed by atoms with Crippen LogP contribution in [0.15, 0.2) is 53.5 Å². The van der Waals surface area contributed by atoms with Gasteiger partial charge in [-0.1, -0.05) is 41.9 Å². The normalized spacial score (nSPS) is 20.7. The second kappa shape index (κ2) is 7.50. The highest BCUT2D eigenvalue weighted by Gasteiger charge is 2.43. The van der Waals surface area contributed by atoms with E-state index in [1.165, 1.54) is 11.8 Å². The molecule has 0 amide bonds. The number of fused-ring (bicyclic) bond motifs is 1. The predicted octanol–water partition coefficient (Wildman–Crippen LogP) is 3.95. The Bertz CT molecular complexity index is 1010. The average molecular weight is 418 g/mol. The summed E-state index contributed by atoms with van der Waals surface area (Å²) in [5.41, 5.74) is 3.25. The molecule has 1 fully saturated rings. The monoisotopic (exact) mass is 417 g/mol. The minimum atomic E-state index is -3.16. The van der Waals surface area contributed by atoms with Crippen LogP contribution in [0.25, 0.3) is 0 Å². The molecule has 2 aliphatic heterocycles. The van der Waals surface area contributed by atoms with Crippen molar-refractivity contribution in [2.24, 2.45) is 10.4 Å². The van der Waals surface area contributed by atoms with Crippen LogP contribution >= 0.6 is 11.6 Å². The SMILES string of the molecule is CS(=O)(=O)N1CCC2(CC1)Cc1ccccc1NC2=NCc1cccc(Cl)c1. The standard InChI is InChI=1S/C21H24ClN3O2S/c1-28(26,27)25-11-9-21(10-12-25)14-17-6-2-3-8-19(17)24-20(21)23-15-16-5-4-7-18(22)13-16/h2-8,13H,9-12,14-15H2,1H3,(H,23,24). The molecule has 28 heavy (non-hydrogen) atoms. The lowest BCUT2D eigenvalue weighted by atomic mass is 9.71. The van der Waals surface area contributed by atoms with E-state index in [9.17, 15) is 8.42 Å². The lowest BCUT2D eigenvalue weighted by Crippen LogP contribution is -2.51. The molecule has 1 saturated heterocycles. The summed E-state index contributed by atoms with van der Waals surface area (Å²) in [6.45, 7) is 1.60. The molecule has 0 saturated carbocycles. The van der Waals surface area contributed by atoms with E-state index in [1.54, 1.807) is 4.31 Å². The number of hydrogen-bond donors (Lipinski definition) is 1. The zero-order valence-corrected chi connectivity index (χ0v) is 17.4. The minimum Gasteiger partial charge on any atom is -0.343 e. The van der Waals surface area contributed by atoms with Crippen molar-refractivity contribution in [3.8, 4) is 0 Å². The van der Waals surface area contributed by atoms with Gasteiger partial charge < -0.3 is 5.32 Å². The number of anilines is 1.